The van der Waals surface area contributed by atoms with Gasteiger partial charge in [-0.3, -0.25) is 0 Å². The van der Waals surface area contributed by atoms with E-state index in [0.717, 1.165) is 31.1 Å². The molecule has 2 aromatic heterocycles. The van der Waals surface area contributed by atoms with Crippen molar-refractivity contribution in [2.24, 2.45) is 0 Å². The molecule has 10 heteroatoms. The summed E-state index contributed by atoms with van der Waals surface area (Å²) in [6.45, 7) is 3.96. The van der Waals surface area contributed by atoms with Crippen LogP contribution in [0, 0.1) is 0 Å². The van der Waals surface area contributed by atoms with Crippen molar-refractivity contribution in [3.8, 4) is 0 Å². The summed E-state index contributed by atoms with van der Waals surface area (Å²) < 4.78 is 31.1. The van der Waals surface area contributed by atoms with Crippen LogP contribution < -0.4 is 9.80 Å². The van der Waals surface area contributed by atoms with Gasteiger partial charge in [0.25, 0.3) is 0 Å². The van der Waals surface area contributed by atoms with Gasteiger partial charge in [0.05, 0.1) is 6.20 Å². The van der Waals surface area contributed by atoms with Crippen molar-refractivity contribution in [1.29, 1.82) is 0 Å². The molecule has 134 valence electrons. The van der Waals surface area contributed by atoms with Crippen molar-refractivity contribution < 1.29 is 12.9 Å². The maximum absolute atomic E-state index is 12.5. The molecule has 0 aliphatic carbocycles. The minimum atomic E-state index is -3.54. The minimum absolute atomic E-state index is 0.0966. The number of nitrogens with zero attached hydrogens (tertiary/aromatic N) is 6. The standard InChI is InChI=1S/C15H20N6O3S/c22-25(23,13-11-17-24-12-13)21-9-7-19(8-10-21)14-3-4-16-15(18-14)20-5-1-2-6-20/h3-4,11-12H,1-2,5-10H2. The Labute approximate surface area is 146 Å². The zero-order valence-electron chi connectivity index (χ0n) is 13.8. The van der Waals surface area contributed by atoms with E-state index in [-0.39, 0.29) is 4.90 Å². The Morgan fingerprint density at radius 3 is 2.44 bits per heavy atom. The van der Waals surface area contributed by atoms with Crippen molar-refractivity contribution in [1.82, 2.24) is 19.4 Å². The van der Waals surface area contributed by atoms with E-state index in [2.05, 4.69) is 29.4 Å². The Morgan fingerprint density at radius 1 is 1.00 bits per heavy atom. The van der Waals surface area contributed by atoms with Crippen molar-refractivity contribution in [2.45, 2.75) is 17.7 Å². The van der Waals surface area contributed by atoms with Crippen LogP contribution in [-0.4, -0.2) is 67.1 Å². The lowest BCUT2D eigenvalue weighted by Crippen LogP contribution is -2.48. The molecule has 0 bridgehead atoms. The van der Waals surface area contributed by atoms with E-state index in [1.165, 1.54) is 23.3 Å². The summed E-state index contributed by atoms with van der Waals surface area (Å²) in [7, 11) is -3.54. The number of sulfonamides is 1. The summed E-state index contributed by atoms with van der Waals surface area (Å²) in [5, 5.41) is 3.48. The van der Waals surface area contributed by atoms with Crippen LogP contribution in [0.25, 0.3) is 0 Å². The molecule has 0 N–H and O–H groups in total. The second-order valence-corrected chi connectivity index (χ2v) is 8.10. The van der Waals surface area contributed by atoms with Crippen molar-refractivity contribution in [3.05, 3.63) is 24.7 Å². The van der Waals surface area contributed by atoms with E-state index >= 15 is 0 Å². The first kappa shape index (κ1) is 16.3. The summed E-state index contributed by atoms with van der Waals surface area (Å²) in [6, 6.07) is 1.88. The fourth-order valence-electron chi connectivity index (χ4n) is 3.21. The number of hydrogen-bond donors (Lipinski definition) is 0. The molecule has 0 spiro atoms. The highest BCUT2D eigenvalue weighted by molar-refractivity contribution is 7.89. The van der Waals surface area contributed by atoms with Crippen LogP contribution in [0.5, 0.6) is 0 Å². The van der Waals surface area contributed by atoms with Gasteiger partial charge in [-0.2, -0.15) is 9.29 Å². The number of aromatic nitrogens is 3. The predicted octanol–water partition coefficient (Wildman–Crippen LogP) is 0.576. The van der Waals surface area contributed by atoms with Gasteiger partial charge in [-0.1, -0.05) is 5.16 Å². The highest BCUT2D eigenvalue weighted by atomic mass is 32.2. The van der Waals surface area contributed by atoms with E-state index in [4.69, 9.17) is 0 Å². The van der Waals surface area contributed by atoms with Crippen LogP contribution in [0.15, 0.2) is 34.1 Å². The Kier molecular flexibility index (Phi) is 4.30. The van der Waals surface area contributed by atoms with Gasteiger partial charge in [-0.05, 0) is 18.9 Å². The van der Waals surface area contributed by atoms with E-state index in [0.29, 0.717) is 26.2 Å². The Morgan fingerprint density at radius 2 is 1.76 bits per heavy atom. The van der Waals surface area contributed by atoms with Crippen LogP contribution in [0.2, 0.25) is 0 Å². The van der Waals surface area contributed by atoms with Crippen molar-refractivity contribution >= 4 is 21.8 Å². The van der Waals surface area contributed by atoms with Crippen LogP contribution >= 0.6 is 0 Å². The maximum atomic E-state index is 12.5. The first-order valence-corrected chi connectivity index (χ1v) is 9.81. The summed E-state index contributed by atoms with van der Waals surface area (Å²) in [5.74, 6) is 1.61. The average molecular weight is 364 g/mol. The van der Waals surface area contributed by atoms with Crippen LogP contribution in [0.1, 0.15) is 12.8 Å². The first-order chi connectivity index (χ1) is 12.1. The van der Waals surface area contributed by atoms with E-state index in [1.807, 2.05) is 6.07 Å². The SMILES string of the molecule is O=S(=O)(c1cnoc1)N1CCN(c2ccnc(N3CCCC3)n2)CC1. The molecule has 2 aliphatic rings. The van der Waals surface area contributed by atoms with Gasteiger partial charge in [0.2, 0.25) is 16.0 Å². The van der Waals surface area contributed by atoms with Crippen LogP contribution in [0.3, 0.4) is 0 Å². The van der Waals surface area contributed by atoms with Gasteiger partial charge in [-0.25, -0.2) is 13.4 Å². The molecule has 25 heavy (non-hydrogen) atoms. The Bertz CT molecular complexity index is 812. The molecule has 2 saturated heterocycles. The topological polar surface area (TPSA) is 95.7 Å². The molecule has 2 fully saturated rings. The van der Waals surface area contributed by atoms with Gasteiger partial charge in [0, 0.05) is 45.5 Å². The highest BCUT2D eigenvalue weighted by Gasteiger charge is 2.30. The third-order valence-electron chi connectivity index (χ3n) is 4.63. The molecule has 0 atom stereocenters. The second-order valence-electron chi connectivity index (χ2n) is 6.16. The normalized spacial score (nSPS) is 19.5. The maximum Gasteiger partial charge on any atom is 0.248 e. The van der Waals surface area contributed by atoms with Gasteiger partial charge in [0.1, 0.15) is 17.0 Å². The molecular weight excluding hydrogens is 344 g/mol. The highest BCUT2D eigenvalue weighted by Crippen LogP contribution is 2.22. The minimum Gasteiger partial charge on any atom is -0.363 e. The largest absolute Gasteiger partial charge is 0.363 e. The van der Waals surface area contributed by atoms with Gasteiger partial charge >= 0.3 is 0 Å². The van der Waals surface area contributed by atoms with E-state index in [1.54, 1.807) is 6.20 Å². The summed E-state index contributed by atoms with van der Waals surface area (Å²) >= 11 is 0. The molecule has 0 unspecified atom stereocenters. The number of anilines is 2. The molecule has 2 aromatic rings. The molecule has 4 rings (SSSR count). The Hall–Kier alpha value is -2.20. The van der Waals surface area contributed by atoms with Gasteiger partial charge in [0.15, 0.2) is 0 Å². The molecule has 0 radical (unpaired) electrons. The van der Waals surface area contributed by atoms with E-state index < -0.39 is 10.0 Å². The lowest BCUT2D eigenvalue weighted by atomic mass is 10.3. The monoisotopic (exact) mass is 364 g/mol. The predicted molar refractivity (Wildman–Crippen MR) is 91.0 cm³/mol. The molecular formula is C15H20N6O3S. The Balaban J connectivity index is 1.44. The smallest absolute Gasteiger partial charge is 0.248 e. The van der Waals surface area contributed by atoms with Crippen LogP contribution in [-0.2, 0) is 10.0 Å². The van der Waals surface area contributed by atoms with Crippen molar-refractivity contribution in [3.63, 3.8) is 0 Å². The molecule has 0 amide bonds. The molecule has 0 aromatic carbocycles. The lowest BCUT2D eigenvalue weighted by Gasteiger charge is -2.34. The summed E-state index contributed by atoms with van der Waals surface area (Å²) in [4.78, 5) is 13.4. The molecule has 9 nitrogen and oxygen atoms in total. The first-order valence-electron chi connectivity index (χ1n) is 8.37. The fourth-order valence-corrected chi connectivity index (χ4v) is 4.50. The fraction of sp³-hybridized carbons (Fsp3) is 0.533. The molecule has 2 aliphatic heterocycles. The number of hydrogen-bond acceptors (Lipinski definition) is 8. The van der Waals surface area contributed by atoms with E-state index in [9.17, 15) is 8.42 Å². The summed E-state index contributed by atoms with van der Waals surface area (Å²) in [6.07, 6.45) is 6.51. The van der Waals surface area contributed by atoms with Gasteiger partial charge < -0.3 is 14.3 Å². The zero-order valence-corrected chi connectivity index (χ0v) is 14.6. The molecule has 4 heterocycles. The second kappa shape index (κ2) is 6.60. The van der Waals surface area contributed by atoms with Crippen molar-refractivity contribution in [2.75, 3.05) is 49.1 Å². The number of piperazine rings is 1. The molecule has 0 saturated carbocycles. The third-order valence-corrected chi connectivity index (χ3v) is 6.47. The third kappa shape index (κ3) is 3.19. The van der Waals surface area contributed by atoms with Crippen LogP contribution in [0.4, 0.5) is 11.8 Å². The van der Waals surface area contributed by atoms with Gasteiger partial charge in [-0.15, -0.1) is 0 Å². The summed E-state index contributed by atoms with van der Waals surface area (Å²) in [5.41, 5.74) is 0. The quantitative estimate of drug-likeness (QED) is 0.777. The average Bonchev–Trinajstić information content (AvgIpc) is 3.36. The lowest BCUT2D eigenvalue weighted by molar-refractivity contribution is 0.382. The number of rotatable bonds is 4. The zero-order chi connectivity index (χ0) is 17.3.